The third-order valence-electron chi connectivity index (χ3n) is 3.89. The molecule has 0 radical (unpaired) electrons. The zero-order valence-corrected chi connectivity index (χ0v) is 12.1. The lowest BCUT2D eigenvalue weighted by atomic mass is 9.98. The zero-order chi connectivity index (χ0) is 15.7. The van der Waals surface area contributed by atoms with Crippen LogP contribution in [0, 0.1) is 0 Å². The molecular formula is C17H16N2O3. The van der Waals surface area contributed by atoms with E-state index in [1.54, 1.807) is 12.1 Å². The number of hydrogen-bond donors (Lipinski definition) is 2. The molecule has 0 aliphatic carbocycles. The van der Waals surface area contributed by atoms with E-state index in [1.165, 1.54) is 11.9 Å². The Balaban J connectivity index is 1.84. The Morgan fingerprint density at radius 3 is 2.14 bits per heavy atom. The van der Waals surface area contributed by atoms with Crippen LogP contribution in [-0.2, 0) is 4.79 Å². The lowest BCUT2D eigenvalue weighted by molar-refractivity contribution is -0.124. The summed E-state index contributed by atoms with van der Waals surface area (Å²) in [6.45, 7) is 0. The van der Waals surface area contributed by atoms with Crippen molar-refractivity contribution in [3.05, 3.63) is 60.2 Å². The van der Waals surface area contributed by atoms with Crippen molar-refractivity contribution in [3.63, 3.8) is 0 Å². The average molecular weight is 296 g/mol. The Morgan fingerprint density at radius 2 is 1.59 bits per heavy atom. The molecule has 1 fully saturated rings. The minimum atomic E-state index is -1.05. The summed E-state index contributed by atoms with van der Waals surface area (Å²) in [5.74, 6) is -0.480. The molecule has 2 N–H and O–H groups in total. The Bertz CT molecular complexity index is 698. The van der Waals surface area contributed by atoms with Crippen LogP contribution < -0.4 is 5.32 Å². The van der Waals surface area contributed by atoms with Gasteiger partial charge in [-0.3, -0.25) is 10.1 Å². The van der Waals surface area contributed by atoms with Gasteiger partial charge in [0.1, 0.15) is 12.1 Å². The van der Waals surface area contributed by atoms with Crippen LogP contribution in [0.2, 0.25) is 0 Å². The van der Waals surface area contributed by atoms with Gasteiger partial charge in [0.2, 0.25) is 0 Å². The maximum absolute atomic E-state index is 11.8. The summed E-state index contributed by atoms with van der Waals surface area (Å²) in [4.78, 5) is 24.4. The van der Waals surface area contributed by atoms with Gasteiger partial charge in [0.15, 0.2) is 0 Å². The van der Waals surface area contributed by atoms with Gasteiger partial charge in [-0.1, -0.05) is 54.6 Å². The van der Waals surface area contributed by atoms with Crippen LogP contribution in [0.15, 0.2) is 54.6 Å². The third-order valence-corrected chi connectivity index (χ3v) is 3.89. The normalized spacial score (nSPS) is 19.2. The van der Waals surface area contributed by atoms with Crippen LogP contribution >= 0.6 is 0 Å². The third kappa shape index (κ3) is 2.46. The number of urea groups is 1. The fraction of sp³-hybridized carbons (Fsp3) is 0.176. The number of rotatable bonds is 3. The maximum Gasteiger partial charge on any atom is 0.324 e. The van der Waals surface area contributed by atoms with Crippen molar-refractivity contribution in [1.29, 1.82) is 0 Å². The minimum absolute atomic E-state index is 0.480. The highest BCUT2D eigenvalue weighted by molar-refractivity contribution is 6.04. The van der Waals surface area contributed by atoms with E-state index in [2.05, 4.69) is 5.32 Å². The van der Waals surface area contributed by atoms with Gasteiger partial charge >= 0.3 is 6.03 Å². The first-order chi connectivity index (χ1) is 10.6. The van der Waals surface area contributed by atoms with Crippen molar-refractivity contribution in [1.82, 2.24) is 10.2 Å². The van der Waals surface area contributed by atoms with Gasteiger partial charge in [-0.05, 0) is 16.7 Å². The van der Waals surface area contributed by atoms with E-state index in [-0.39, 0.29) is 0 Å². The highest BCUT2D eigenvalue weighted by Gasteiger charge is 2.41. The summed E-state index contributed by atoms with van der Waals surface area (Å²) in [6.07, 6.45) is -1.05. The molecular weight excluding hydrogens is 280 g/mol. The van der Waals surface area contributed by atoms with Crippen molar-refractivity contribution < 1.29 is 14.7 Å². The van der Waals surface area contributed by atoms with E-state index in [0.717, 1.165) is 11.1 Å². The zero-order valence-electron chi connectivity index (χ0n) is 12.1. The summed E-state index contributed by atoms with van der Waals surface area (Å²) in [6, 6.07) is 15.8. The fourth-order valence-corrected chi connectivity index (χ4v) is 2.61. The van der Waals surface area contributed by atoms with Crippen molar-refractivity contribution >= 4 is 11.9 Å². The number of carbonyl (C=O) groups excluding carboxylic acids is 2. The SMILES string of the molecule is CN1C(=O)NC(=O)[C@H]1[C@@H](O)c1ccc(-c2ccccc2)cc1. The van der Waals surface area contributed by atoms with Gasteiger partial charge in [-0.2, -0.15) is 0 Å². The van der Waals surface area contributed by atoms with Crippen molar-refractivity contribution in [3.8, 4) is 11.1 Å². The van der Waals surface area contributed by atoms with Gasteiger partial charge in [0.25, 0.3) is 5.91 Å². The first kappa shape index (κ1) is 14.3. The Morgan fingerprint density at radius 1 is 1.00 bits per heavy atom. The first-order valence-corrected chi connectivity index (χ1v) is 6.99. The number of imide groups is 1. The molecule has 0 aromatic heterocycles. The molecule has 1 aliphatic heterocycles. The summed E-state index contributed by atoms with van der Waals surface area (Å²) < 4.78 is 0. The number of nitrogens with zero attached hydrogens (tertiary/aromatic N) is 1. The molecule has 1 heterocycles. The molecule has 0 spiro atoms. The minimum Gasteiger partial charge on any atom is -0.386 e. The number of hydrogen-bond acceptors (Lipinski definition) is 3. The number of likely N-dealkylation sites (N-methyl/N-ethyl adjacent to an activating group) is 1. The number of aliphatic hydroxyl groups is 1. The Labute approximate surface area is 128 Å². The molecule has 5 heteroatoms. The van der Waals surface area contributed by atoms with Gasteiger partial charge < -0.3 is 10.0 Å². The topological polar surface area (TPSA) is 69.6 Å². The molecule has 112 valence electrons. The summed E-state index contributed by atoms with van der Waals surface area (Å²) in [5, 5.41) is 12.6. The molecule has 5 nitrogen and oxygen atoms in total. The van der Waals surface area contributed by atoms with E-state index in [9.17, 15) is 14.7 Å². The highest BCUT2D eigenvalue weighted by Crippen LogP contribution is 2.26. The van der Waals surface area contributed by atoms with Gasteiger partial charge in [-0.15, -0.1) is 0 Å². The Kier molecular flexibility index (Phi) is 3.65. The lowest BCUT2D eigenvalue weighted by Crippen LogP contribution is -2.37. The predicted octanol–water partition coefficient (Wildman–Crippen LogP) is 1.94. The van der Waals surface area contributed by atoms with Crippen LogP contribution in [0.1, 0.15) is 11.7 Å². The van der Waals surface area contributed by atoms with Crippen molar-refractivity contribution in [2.75, 3.05) is 7.05 Å². The fourth-order valence-electron chi connectivity index (χ4n) is 2.61. The smallest absolute Gasteiger partial charge is 0.324 e. The summed E-state index contributed by atoms with van der Waals surface area (Å²) >= 11 is 0. The molecule has 0 saturated carbocycles. The molecule has 2 aromatic rings. The standard InChI is InChI=1S/C17H16N2O3/c1-19-14(16(21)18-17(19)22)15(20)13-9-7-12(8-10-13)11-5-3-2-4-6-11/h2-10,14-15,20H,1H3,(H,18,21,22)/t14-,15+/m1/s1. The van der Waals surface area contributed by atoms with Crippen LogP contribution in [0.4, 0.5) is 4.79 Å². The maximum atomic E-state index is 11.8. The summed E-state index contributed by atoms with van der Waals surface area (Å²) in [5.41, 5.74) is 2.70. The molecule has 2 aromatic carbocycles. The first-order valence-electron chi connectivity index (χ1n) is 6.99. The van der Waals surface area contributed by atoms with Crippen LogP contribution in [0.3, 0.4) is 0 Å². The molecule has 22 heavy (non-hydrogen) atoms. The van der Waals surface area contributed by atoms with E-state index >= 15 is 0 Å². The second-order valence-corrected chi connectivity index (χ2v) is 5.28. The number of aliphatic hydroxyl groups excluding tert-OH is 1. The predicted molar refractivity (Wildman–Crippen MR) is 81.9 cm³/mol. The number of amides is 3. The molecule has 2 atom stereocenters. The van der Waals surface area contributed by atoms with Gasteiger partial charge in [0, 0.05) is 7.05 Å². The number of benzene rings is 2. The number of carbonyl (C=O) groups is 2. The van der Waals surface area contributed by atoms with E-state index in [0.29, 0.717) is 5.56 Å². The van der Waals surface area contributed by atoms with Crippen LogP contribution in [0.5, 0.6) is 0 Å². The second-order valence-electron chi connectivity index (χ2n) is 5.28. The van der Waals surface area contributed by atoms with E-state index < -0.39 is 24.1 Å². The highest BCUT2D eigenvalue weighted by atomic mass is 16.3. The quantitative estimate of drug-likeness (QED) is 0.850. The van der Waals surface area contributed by atoms with Crippen molar-refractivity contribution in [2.24, 2.45) is 0 Å². The van der Waals surface area contributed by atoms with Crippen molar-refractivity contribution in [2.45, 2.75) is 12.1 Å². The van der Waals surface area contributed by atoms with Gasteiger partial charge in [0.05, 0.1) is 0 Å². The summed E-state index contributed by atoms with van der Waals surface area (Å²) in [7, 11) is 1.49. The van der Waals surface area contributed by atoms with E-state index in [4.69, 9.17) is 0 Å². The van der Waals surface area contributed by atoms with Crippen LogP contribution in [-0.4, -0.2) is 35.0 Å². The Hall–Kier alpha value is -2.66. The number of nitrogens with one attached hydrogen (secondary N) is 1. The second kappa shape index (κ2) is 5.61. The molecule has 0 unspecified atom stereocenters. The van der Waals surface area contributed by atoms with Crippen LogP contribution in [0.25, 0.3) is 11.1 Å². The molecule has 1 saturated heterocycles. The van der Waals surface area contributed by atoms with Gasteiger partial charge in [-0.25, -0.2) is 4.79 Å². The molecule has 3 rings (SSSR count). The average Bonchev–Trinajstić information content (AvgIpc) is 2.80. The molecule has 1 aliphatic rings. The molecule has 3 amide bonds. The largest absolute Gasteiger partial charge is 0.386 e. The molecule has 0 bridgehead atoms. The lowest BCUT2D eigenvalue weighted by Gasteiger charge is -2.22. The van der Waals surface area contributed by atoms with E-state index in [1.807, 2.05) is 42.5 Å². The monoisotopic (exact) mass is 296 g/mol.